The van der Waals surface area contributed by atoms with Gasteiger partial charge in [0.25, 0.3) is 5.91 Å². The summed E-state index contributed by atoms with van der Waals surface area (Å²) in [6, 6.07) is 20.1. The van der Waals surface area contributed by atoms with Crippen molar-refractivity contribution >= 4 is 23.7 Å². The fraction of sp³-hybridized carbons (Fsp3) is 0.130. The highest BCUT2D eigenvalue weighted by Crippen LogP contribution is 2.22. The fourth-order valence-electron chi connectivity index (χ4n) is 2.62. The highest BCUT2D eigenvalue weighted by Gasteiger charge is 2.05. The third-order valence-corrected chi connectivity index (χ3v) is 4.68. The Balaban J connectivity index is 1.55. The summed E-state index contributed by atoms with van der Waals surface area (Å²) in [4.78, 5) is 12.2. The maximum atomic E-state index is 12.2. The first-order valence-corrected chi connectivity index (χ1v) is 9.39. The second-order valence-electron chi connectivity index (χ2n) is 6.34. The Kier molecular flexibility index (Phi) is 6.87. The third-order valence-electron chi connectivity index (χ3n) is 4.26. The molecule has 0 saturated heterocycles. The summed E-state index contributed by atoms with van der Waals surface area (Å²) >= 11 is 6.02. The van der Waals surface area contributed by atoms with E-state index in [0.29, 0.717) is 22.9 Å². The molecule has 29 heavy (non-hydrogen) atoms. The quantitative estimate of drug-likeness (QED) is 0.442. The first-order chi connectivity index (χ1) is 14.1. The van der Waals surface area contributed by atoms with Crippen LogP contribution in [0.1, 0.15) is 27.0 Å². The van der Waals surface area contributed by atoms with Crippen LogP contribution >= 0.6 is 11.6 Å². The summed E-state index contributed by atoms with van der Waals surface area (Å²) in [6.07, 6.45) is 1.55. The molecule has 0 fully saturated rings. The molecule has 0 aromatic heterocycles. The van der Waals surface area contributed by atoms with Gasteiger partial charge in [-0.15, -0.1) is 0 Å². The molecule has 0 radical (unpaired) electrons. The van der Waals surface area contributed by atoms with Gasteiger partial charge >= 0.3 is 0 Å². The predicted octanol–water partition coefficient (Wildman–Crippen LogP) is 5.00. The predicted molar refractivity (Wildman–Crippen MR) is 115 cm³/mol. The third kappa shape index (κ3) is 5.59. The van der Waals surface area contributed by atoms with Gasteiger partial charge in [0.05, 0.1) is 13.3 Å². The molecule has 3 aromatic carbocycles. The Bertz CT molecular complexity index is 1020. The lowest BCUT2D eigenvalue weighted by Crippen LogP contribution is -2.17. The van der Waals surface area contributed by atoms with Gasteiger partial charge in [-0.25, -0.2) is 5.43 Å². The maximum Gasteiger partial charge on any atom is 0.271 e. The number of benzene rings is 3. The smallest absolute Gasteiger partial charge is 0.271 e. The number of nitrogens with one attached hydrogen (secondary N) is 1. The molecule has 0 heterocycles. The van der Waals surface area contributed by atoms with Crippen LogP contribution in [0.3, 0.4) is 0 Å². The maximum absolute atomic E-state index is 12.2. The summed E-state index contributed by atoms with van der Waals surface area (Å²) in [6.45, 7) is 2.33. The Hall–Kier alpha value is -3.31. The number of nitrogens with zero attached hydrogens (tertiary/aromatic N) is 1. The van der Waals surface area contributed by atoms with Crippen molar-refractivity contribution < 1.29 is 14.3 Å². The highest BCUT2D eigenvalue weighted by molar-refractivity contribution is 6.31. The van der Waals surface area contributed by atoms with Crippen LogP contribution in [0, 0.1) is 6.92 Å². The molecule has 0 atom stereocenters. The molecule has 0 bridgehead atoms. The van der Waals surface area contributed by atoms with Gasteiger partial charge in [0, 0.05) is 16.1 Å². The lowest BCUT2D eigenvalue weighted by molar-refractivity contribution is 0.0955. The number of halogens is 1. The molecule has 3 rings (SSSR count). The minimum atomic E-state index is -0.294. The van der Waals surface area contributed by atoms with Crippen LogP contribution in [0.5, 0.6) is 11.5 Å². The van der Waals surface area contributed by atoms with Crippen molar-refractivity contribution in [2.24, 2.45) is 5.10 Å². The number of methoxy groups -OCH3 is 1. The van der Waals surface area contributed by atoms with Crippen molar-refractivity contribution in [3.8, 4) is 11.5 Å². The van der Waals surface area contributed by atoms with Crippen molar-refractivity contribution in [1.29, 1.82) is 0 Å². The van der Waals surface area contributed by atoms with Crippen molar-refractivity contribution in [2.45, 2.75) is 13.5 Å². The topological polar surface area (TPSA) is 59.9 Å². The fourth-order valence-corrected chi connectivity index (χ4v) is 2.74. The van der Waals surface area contributed by atoms with Gasteiger partial charge in [0.2, 0.25) is 0 Å². The molecule has 1 amide bonds. The molecule has 5 nitrogen and oxygen atoms in total. The number of amides is 1. The summed E-state index contributed by atoms with van der Waals surface area (Å²) < 4.78 is 11.0. The standard InChI is InChI=1S/C23H21ClN2O3/c1-16-13-20(11-12-21(16)24)29-15-17-7-9-18(10-8-17)23(27)26-25-14-19-5-3-4-6-22(19)28-2/h3-14H,15H2,1-2H3,(H,26,27)/b25-14+. The summed E-state index contributed by atoms with van der Waals surface area (Å²) in [5, 5.41) is 4.71. The minimum Gasteiger partial charge on any atom is -0.496 e. The van der Waals surface area contributed by atoms with Crippen LogP contribution in [0.15, 0.2) is 71.8 Å². The molecular formula is C23H21ClN2O3. The molecule has 0 aliphatic heterocycles. The number of aryl methyl sites for hydroxylation is 1. The van der Waals surface area contributed by atoms with Crippen LogP contribution in [-0.4, -0.2) is 19.2 Å². The van der Waals surface area contributed by atoms with Crippen LogP contribution in [0.25, 0.3) is 0 Å². The number of hydrogen-bond acceptors (Lipinski definition) is 4. The van der Waals surface area contributed by atoms with Crippen LogP contribution in [0.4, 0.5) is 0 Å². The van der Waals surface area contributed by atoms with E-state index in [-0.39, 0.29) is 5.91 Å². The average molecular weight is 409 g/mol. The number of para-hydroxylation sites is 1. The normalized spacial score (nSPS) is 10.7. The highest BCUT2D eigenvalue weighted by atomic mass is 35.5. The van der Waals surface area contributed by atoms with E-state index in [1.54, 1.807) is 25.5 Å². The number of carbonyl (C=O) groups is 1. The van der Waals surface area contributed by atoms with E-state index in [1.807, 2.05) is 61.5 Å². The first-order valence-electron chi connectivity index (χ1n) is 9.01. The van der Waals surface area contributed by atoms with Crippen LogP contribution < -0.4 is 14.9 Å². The molecule has 0 saturated carbocycles. The van der Waals surface area contributed by atoms with Gasteiger partial charge < -0.3 is 9.47 Å². The van der Waals surface area contributed by atoms with E-state index in [1.165, 1.54) is 0 Å². The minimum absolute atomic E-state index is 0.294. The number of carbonyl (C=O) groups excluding carboxylic acids is 1. The number of hydrazone groups is 1. The Morgan fingerprint density at radius 2 is 1.86 bits per heavy atom. The van der Waals surface area contributed by atoms with Crippen molar-refractivity contribution in [2.75, 3.05) is 7.11 Å². The molecule has 0 spiro atoms. The number of rotatable bonds is 7. The largest absolute Gasteiger partial charge is 0.496 e. The zero-order valence-electron chi connectivity index (χ0n) is 16.2. The molecule has 3 aromatic rings. The van der Waals surface area contributed by atoms with E-state index < -0.39 is 0 Å². The van der Waals surface area contributed by atoms with Gasteiger partial charge in [-0.2, -0.15) is 5.10 Å². The number of ether oxygens (including phenoxy) is 2. The molecular weight excluding hydrogens is 388 g/mol. The van der Waals surface area contributed by atoms with Crippen LogP contribution in [0.2, 0.25) is 5.02 Å². The van der Waals surface area contributed by atoms with Gasteiger partial charge in [-0.1, -0.05) is 35.9 Å². The van der Waals surface area contributed by atoms with E-state index in [2.05, 4.69) is 10.5 Å². The summed E-state index contributed by atoms with van der Waals surface area (Å²) in [7, 11) is 1.59. The zero-order valence-corrected chi connectivity index (χ0v) is 16.9. The Labute approximate surface area is 174 Å². The summed E-state index contributed by atoms with van der Waals surface area (Å²) in [5.74, 6) is 1.14. The van der Waals surface area contributed by atoms with Crippen LogP contribution in [-0.2, 0) is 6.61 Å². The van der Waals surface area contributed by atoms with Crippen molar-refractivity contribution in [3.05, 3.63) is 94.0 Å². The van der Waals surface area contributed by atoms with Gasteiger partial charge in [0.1, 0.15) is 18.1 Å². The lowest BCUT2D eigenvalue weighted by atomic mass is 10.1. The van der Waals surface area contributed by atoms with Gasteiger partial charge in [-0.3, -0.25) is 4.79 Å². The molecule has 1 N–H and O–H groups in total. The molecule has 6 heteroatoms. The monoisotopic (exact) mass is 408 g/mol. The van der Waals surface area contributed by atoms with Gasteiger partial charge in [-0.05, 0) is 60.5 Å². The van der Waals surface area contributed by atoms with E-state index in [4.69, 9.17) is 21.1 Å². The Morgan fingerprint density at radius 1 is 1.10 bits per heavy atom. The lowest BCUT2D eigenvalue weighted by Gasteiger charge is -2.08. The summed E-state index contributed by atoms with van der Waals surface area (Å²) in [5.41, 5.74) is 5.72. The molecule has 0 aliphatic rings. The number of hydrogen-bond donors (Lipinski definition) is 1. The first kappa shape index (κ1) is 20.4. The average Bonchev–Trinajstić information content (AvgIpc) is 2.75. The second kappa shape index (κ2) is 9.75. The van der Waals surface area contributed by atoms with E-state index in [9.17, 15) is 4.79 Å². The van der Waals surface area contributed by atoms with E-state index in [0.717, 1.165) is 22.4 Å². The van der Waals surface area contributed by atoms with E-state index >= 15 is 0 Å². The molecule has 0 unspecified atom stereocenters. The van der Waals surface area contributed by atoms with Crippen molar-refractivity contribution in [1.82, 2.24) is 5.43 Å². The zero-order chi connectivity index (χ0) is 20.6. The second-order valence-corrected chi connectivity index (χ2v) is 6.74. The molecule has 0 aliphatic carbocycles. The Morgan fingerprint density at radius 3 is 2.59 bits per heavy atom. The molecule has 148 valence electrons. The SMILES string of the molecule is COc1ccccc1/C=N/NC(=O)c1ccc(COc2ccc(Cl)c(C)c2)cc1. The van der Waals surface area contributed by atoms with Crippen molar-refractivity contribution in [3.63, 3.8) is 0 Å². The van der Waals surface area contributed by atoms with Gasteiger partial charge in [0.15, 0.2) is 0 Å².